The second-order valence-corrected chi connectivity index (χ2v) is 6.32. The summed E-state index contributed by atoms with van der Waals surface area (Å²) in [6, 6.07) is 20.8. The summed E-state index contributed by atoms with van der Waals surface area (Å²) in [6.07, 6.45) is 2.90. The van der Waals surface area contributed by atoms with Gasteiger partial charge in [-0.3, -0.25) is 10.1 Å². The van der Waals surface area contributed by atoms with Gasteiger partial charge in [0.25, 0.3) is 5.69 Å². The molecule has 0 saturated heterocycles. The molecule has 0 aliphatic heterocycles. The van der Waals surface area contributed by atoms with Crippen molar-refractivity contribution < 1.29 is 19.2 Å². The van der Waals surface area contributed by atoms with E-state index in [0.717, 1.165) is 11.1 Å². The molecule has 0 amide bonds. The molecule has 0 aliphatic carbocycles. The number of rotatable bonds is 7. The molecule has 0 aliphatic rings. The Kier molecular flexibility index (Phi) is 6.37. The van der Waals surface area contributed by atoms with Crippen LogP contribution in [0.1, 0.15) is 16.7 Å². The first kappa shape index (κ1) is 19.8. The highest BCUT2D eigenvalue weighted by molar-refractivity contribution is 5.89. The van der Waals surface area contributed by atoms with Crippen LogP contribution in [0.3, 0.4) is 0 Å². The van der Waals surface area contributed by atoms with Gasteiger partial charge in [-0.15, -0.1) is 0 Å². The lowest BCUT2D eigenvalue weighted by molar-refractivity contribution is -0.384. The maximum absolute atomic E-state index is 12.0. The van der Waals surface area contributed by atoms with Crippen molar-refractivity contribution in [1.29, 1.82) is 0 Å². The molecule has 146 valence electrons. The Morgan fingerprint density at radius 2 is 1.69 bits per heavy atom. The number of para-hydroxylation sites is 1. The Morgan fingerprint density at radius 1 is 1.00 bits per heavy atom. The van der Waals surface area contributed by atoms with Crippen LogP contribution in [0.15, 0.2) is 78.9 Å². The van der Waals surface area contributed by atoms with Crippen molar-refractivity contribution in [2.45, 2.75) is 13.5 Å². The topological polar surface area (TPSA) is 78.7 Å². The third kappa shape index (κ3) is 5.77. The largest absolute Gasteiger partial charge is 0.488 e. The van der Waals surface area contributed by atoms with Gasteiger partial charge in [-0.25, -0.2) is 4.79 Å². The minimum Gasteiger partial charge on any atom is -0.488 e. The standard InChI is InChI=1S/C23H19NO5/c1-17-6-8-18(9-7-17)16-28-22-5-3-2-4-19(22)10-15-23(25)29-21-13-11-20(12-14-21)24(26)27/h2-15H,16H2,1H3/b15-10+. The summed E-state index contributed by atoms with van der Waals surface area (Å²) in [6.45, 7) is 2.44. The lowest BCUT2D eigenvalue weighted by Gasteiger charge is -2.09. The molecule has 3 rings (SSSR count). The maximum atomic E-state index is 12.0. The molecule has 6 nitrogen and oxygen atoms in total. The number of esters is 1. The molecule has 0 radical (unpaired) electrons. The molecule has 0 unspecified atom stereocenters. The van der Waals surface area contributed by atoms with E-state index in [2.05, 4.69) is 0 Å². The van der Waals surface area contributed by atoms with Gasteiger partial charge >= 0.3 is 5.97 Å². The van der Waals surface area contributed by atoms with Crippen LogP contribution in [0.5, 0.6) is 11.5 Å². The predicted octanol–water partition coefficient (Wildman–Crippen LogP) is 5.10. The lowest BCUT2D eigenvalue weighted by Crippen LogP contribution is -2.03. The van der Waals surface area contributed by atoms with Crippen LogP contribution in [0, 0.1) is 17.0 Å². The van der Waals surface area contributed by atoms with E-state index in [-0.39, 0.29) is 11.4 Å². The predicted molar refractivity (Wildman–Crippen MR) is 110 cm³/mol. The first-order valence-corrected chi connectivity index (χ1v) is 8.93. The molecule has 0 fully saturated rings. The summed E-state index contributed by atoms with van der Waals surface area (Å²) >= 11 is 0. The summed E-state index contributed by atoms with van der Waals surface area (Å²) in [4.78, 5) is 22.2. The van der Waals surface area contributed by atoms with E-state index in [1.165, 1.54) is 35.9 Å². The lowest BCUT2D eigenvalue weighted by atomic mass is 10.1. The third-order valence-electron chi connectivity index (χ3n) is 4.10. The molecule has 29 heavy (non-hydrogen) atoms. The number of carbonyl (C=O) groups excluding carboxylic acids is 1. The molecular formula is C23H19NO5. The average molecular weight is 389 g/mol. The average Bonchev–Trinajstić information content (AvgIpc) is 2.73. The summed E-state index contributed by atoms with van der Waals surface area (Å²) in [5.74, 6) is 0.286. The first-order chi connectivity index (χ1) is 14.0. The molecule has 3 aromatic rings. The summed E-state index contributed by atoms with van der Waals surface area (Å²) in [7, 11) is 0. The fraction of sp³-hybridized carbons (Fsp3) is 0.0870. The van der Waals surface area contributed by atoms with E-state index in [1.807, 2.05) is 55.5 Å². The second kappa shape index (κ2) is 9.32. The number of nitro benzene ring substituents is 1. The van der Waals surface area contributed by atoms with Crippen molar-refractivity contribution in [3.63, 3.8) is 0 Å². The van der Waals surface area contributed by atoms with E-state index in [0.29, 0.717) is 12.4 Å². The van der Waals surface area contributed by atoms with Gasteiger partial charge in [0.1, 0.15) is 18.1 Å². The fourth-order valence-electron chi connectivity index (χ4n) is 2.54. The Labute approximate surface area is 168 Å². The van der Waals surface area contributed by atoms with E-state index in [4.69, 9.17) is 9.47 Å². The second-order valence-electron chi connectivity index (χ2n) is 6.32. The number of aryl methyl sites for hydroxylation is 1. The van der Waals surface area contributed by atoms with Crippen LogP contribution in [-0.2, 0) is 11.4 Å². The van der Waals surface area contributed by atoms with Gasteiger partial charge in [0.2, 0.25) is 0 Å². The molecule has 0 bridgehead atoms. The highest BCUT2D eigenvalue weighted by Crippen LogP contribution is 2.22. The van der Waals surface area contributed by atoms with Gasteiger partial charge in [0.15, 0.2) is 0 Å². The van der Waals surface area contributed by atoms with Crippen molar-refractivity contribution in [3.05, 3.63) is 106 Å². The Morgan fingerprint density at radius 3 is 2.38 bits per heavy atom. The van der Waals surface area contributed by atoms with Gasteiger partial charge in [-0.05, 0) is 36.8 Å². The number of non-ortho nitro benzene ring substituents is 1. The van der Waals surface area contributed by atoms with E-state index in [9.17, 15) is 14.9 Å². The zero-order valence-electron chi connectivity index (χ0n) is 15.8. The SMILES string of the molecule is Cc1ccc(COc2ccccc2/C=C/C(=O)Oc2ccc([N+](=O)[O-])cc2)cc1. The summed E-state index contributed by atoms with van der Waals surface area (Å²) < 4.78 is 11.0. The summed E-state index contributed by atoms with van der Waals surface area (Å²) in [5.41, 5.74) is 2.90. The van der Waals surface area contributed by atoms with Gasteiger partial charge < -0.3 is 9.47 Å². The van der Waals surface area contributed by atoms with Gasteiger partial charge in [-0.1, -0.05) is 48.0 Å². The van der Waals surface area contributed by atoms with Crippen LogP contribution in [0.4, 0.5) is 5.69 Å². The quantitative estimate of drug-likeness (QED) is 0.185. The molecule has 0 heterocycles. The van der Waals surface area contributed by atoms with Crippen molar-refractivity contribution in [2.24, 2.45) is 0 Å². The number of benzene rings is 3. The number of hydrogen-bond donors (Lipinski definition) is 0. The van der Waals surface area contributed by atoms with Crippen molar-refractivity contribution in [2.75, 3.05) is 0 Å². The molecule has 0 N–H and O–H groups in total. The minimum absolute atomic E-state index is 0.0695. The molecule has 0 saturated carbocycles. The fourth-order valence-corrected chi connectivity index (χ4v) is 2.54. The highest BCUT2D eigenvalue weighted by Gasteiger charge is 2.07. The zero-order valence-corrected chi connectivity index (χ0v) is 15.8. The number of ether oxygens (including phenoxy) is 2. The number of hydrogen-bond acceptors (Lipinski definition) is 5. The Balaban J connectivity index is 1.63. The molecule has 0 spiro atoms. The van der Waals surface area contributed by atoms with Gasteiger partial charge in [0, 0.05) is 23.8 Å². The van der Waals surface area contributed by atoms with E-state index in [1.54, 1.807) is 6.08 Å². The number of carbonyl (C=O) groups is 1. The van der Waals surface area contributed by atoms with E-state index >= 15 is 0 Å². The number of nitrogens with zero attached hydrogens (tertiary/aromatic N) is 1. The molecule has 3 aromatic carbocycles. The smallest absolute Gasteiger partial charge is 0.336 e. The van der Waals surface area contributed by atoms with E-state index < -0.39 is 10.9 Å². The van der Waals surface area contributed by atoms with Crippen LogP contribution in [0.2, 0.25) is 0 Å². The minimum atomic E-state index is -0.591. The number of nitro groups is 1. The normalized spacial score (nSPS) is 10.7. The van der Waals surface area contributed by atoms with Crippen LogP contribution < -0.4 is 9.47 Å². The maximum Gasteiger partial charge on any atom is 0.336 e. The van der Waals surface area contributed by atoms with Gasteiger partial charge in [0.05, 0.1) is 4.92 Å². The van der Waals surface area contributed by atoms with Crippen molar-refractivity contribution in [3.8, 4) is 11.5 Å². The monoisotopic (exact) mass is 389 g/mol. The first-order valence-electron chi connectivity index (χ1n) is 8.93. The molecule has 6 heteroatoms. The molecule has 0 atom stereocenters. The van der Waals surface area contributed by atoms with Crippen molar-refractivity contribution >= 4 is 17.7 Å². The zero-order chi connectivity index (χ0) is 20.6. The highest BCUT2D eigenvalue weighted by atomic mass is 16.6. The molecular weight excluding hydrogens is 370 g/mol. The van der Waals surface area contributed by atoms with Crippen LogP contribution in [-0.4, -0.2) is 10.9 Å². The van der Waals surface area contributed by atoms with Crippen molar-refractivity contribution in [1.82, 2.24) is 0 Å². The third-order valence-corrected chi connectivity index (χ3v) is 4.10. The Hall–Kier alpha value is -3.93. The summed E-state index contributed by atoms with van der Waals surface area (Å²) in [5, 5.41) is 10.7. The van der Waals surface area contributed by atoms with Crippen LogP contribution in [0.25, 0.3) is 6.08 Å². The van der Waals surface area contributed by atoms with Gasteiger partial charge in [-0.2, -0.15) is 0 Å². The Bertz CT molecular complexity index is 1020. The van der Waals surface area contributed by atoms with Crippen LogP contribution >= 0.6 is 0 Å². The molecule has 0 aromatic heterocycles.